The smallest absolute Gasteiger partial charge is 0.242 e. The zero-order valence-electron chi connectivity index (χ0n) is 11.7. The fourth-order valence-corrected chi connectivity index (χ4v) is 3.15. The van der Waals surface area contributed by atoms with Crippen LogP contribution in [0.3, 0.4) is 0 Å². The second-order valence-electron chi connectivity index (χ2n) is 5.26. The van der Waals surface area contributed by atoms with E-state index >= 15 is 0 Å². The molecule has 0 aromatic carbocycles. The third kappa shape index (κ3) is 2.92. The number of hydrogen-bond donors (Lipinski definition) is 0. The van der Waals surface area contributed by atoms with Crippen LogP contribution < -0.4 is 0 Å². The Hall–Kier alpha value is -1.14. The SMILES string of the molecule is CC(Cl)c1nc2cc(Br)cnc2n1CC(=O)N1CCCC1. The maximum absolute atomic E-state index is 12.4. The number of pyridine rings is 1. The lowest BCUT2D eigenvalue weighted by Crippen LogP contribution is -2.31. The molecule has 1 amide bonds. The average Bonchev–Trinajstić information content (AvgIpc) is 3.06. The Kier molecular flexibility index (Phi) is 4.17. The van der Waals surface area contributed by atoms with E-state index in [2.05, 4.69) is 25.9 Å². The van der Waals surface area contributed by atoms with E-state index in [0.717, 1.165) is 35.9 Å². The van der Waals surface area contributed by atoms with Crippen molar-refractivity contribution in [1.82, 2.24) is 19.4 Å². The van der Waals surface area contributed by atoms with Gasteiger partial charge in [-0.05, 0) is 41.8 Å². The Labute approximate surface area is 136 Å². The van der Waals surface area contributed by atoms with Gasteiger partial charge in [-0.15, -0.1) is 11.6 Å². The van der Waals surface area contributed by atoms with Gasteiger partial charge in [-0.3, -0.25) is 4.79 Å². The Morgan fingerprint density at radius 2 is 2.19 bits per heavy atom. The second-order valence-corrected chi connectivity index (χ2v) is 6.83. The molecule has 0 saturated carbocycles. The maximum atomic E-state index is 12.4. The number of fused-ring (bicyclic) bond motifs is 1. The molecule has 1 atom stereocenters. The van der Waals surface area contributed by atoms with Gasteiger partial charge < -0.3 is 9.47 Å². The highest BCUT2D eigenvalue weighted by Crippen LogP contribution is 2.25. The van der Waals surface area contributed by atoms with Crippen molar-refractivity contribution in [1.29, 1.82) is 0 Å². The highest BCUT2D eigenvalue weighted by Gasteiger charge is 2.22. The molecular formula is C14H16BrClN4O. The number of alkyl halides is 1. The molecule has 1 fully saturated rings. The van der Waals surface area contributed by atoms with Gasteiger partial charge in [0.2, 0.25) is 5.91 Å². The van der Waals surface area contributed by atoms with Crippen molar-refractivity contribution in [2.75, 3.05) is 13.1 Å². The maximum Gasteiger partial charge on any atom is 0.242 e. The van der Waals surface area contributed by atoms with Gasteiger partial charge in [0.25, 0.3) is 0 Å². The summed E-state index contributed by atoms with van der Waals surface area (Å²) < 4.78 is 2.69. The normalized spacial score (nSPS) is 16.6. The van der Waals surface area contributed by atoms with Crippen LogP contribution in [0, 0.1) is 0 Å². The van der Waals surface area contributed by atoms with E-state index in [1.807, 2.05) is 22.5 Å². The molecule has 0 aliphatic carbocycles. The molecular weight excluding hydrogens is 356 g/mol. The Morgan fingerprint density at radius 1 is 1.48 bits per heavy atom. The molecule has 5 nitrogen and oxygen atoms in total. The van der Waals surface area contributed by atoms with E-state index in [1.54, 1.807) is 6.20 Å². The first-order valence-corrected chi connectivity index (χ1v) is 8.22. The lowest BCUT2D eigenvalue weighted by molar-refractivity contribution is -0.130. The number of carbonyl (C=O) groups excluding carboxylic acids is 1. The fraction of sp³-hybridized carbons (Fsp3) is 0.500. The Balaban J connectivity index is 1.98. The summed E-state index contributed by atoms with van der Waals surface area (Å²) in [6.07, 6.45) is 3.88. The minimum Gasteiger partial charge on any atom is -0.341 e. The third-order valence-electron chi connectivity index (χ3n) is 3.69. The minimum absolute atomic E-state index is 0.107. The van der Waals surface area contributed by atoms with Crippen LogP contribution in [0.15, 0.2) is 16.7 Å². The molecule has 7 heteroatoms. The van der Waals surface area contributed by atoms with Gasteiger partial charge in [0.1, 0.15) is 17.9 Å². The summed E-state index contributed by atoms with van der Waals surface area (Å²) in [6, 6.07) is 1.89. The first-order chi connectivity index (χ1) is 10.1. The molecule has 2 aromatic rings. The van der Waals surface area contributed by atoms with Crippen LogP contribution in [0.4, 0.5) is 0 Å². The van der Waals surface area contributed by atoms with Crippen molar-refractivity contribution in [3.05, 3.63) is 22.6 Å². The van der Waals surface area contributed by atoms with Gasteiger partial charge in [0.05, 0.1) is 5.38 Å². The van der Waals surface area contributed by atoms with Gasteiger partial charge in [0.15, 0.2) is 5.65 Å². The predicted molar refractivity (Wildman–Crippen MR) is 85.3 cm³/mol. The highest BCUT2D eigenvalue weighted by molar-refractivity contribution is 9.10. The van der Waals surface area contributed by atoms with Crippen LogP contribution >= 0.6 is 27.5 Å². The zero-order chi connectivity index (χ0) is 15.0. The number of aromatic nitrogens is 3. The van der Waals surface area contributed by atoms with Gasteiger partial charge in [-0.1, -0.05) is 0 Å². The van der Waals surface area contributed by atoms with Crippen LogP contribution in [-0.2, 0) is 11.3 Å². The molecule has 2 aromatic heterocycles. The summed E-state index contributed by atoms with van der Waals surface area (Å²) in [7, 11) is 0. The second kappa shape index (κ2) is 5.93. The van der Waals surface area contributed by atoms with Crippen molar-refractivity contribution >= 4 is 44.6 Å². The van der Waals surface area contributed by atoms with Crippen LogP contribution in [0.1, 0.15) is 31.0 Å². The summed E-state index contributed by atoms with van der Waals surface area (Å²) in [4.78, 5) is 23.2. The average molecular weight is 372 g/mol. The first-order valence-electron chi connectivity index (χ1n) is 7.00. The molecule has 0 radical (unpaired) electrons. The van der Waals surface area contributed by atoms with Crippen LogP contribution in [0.25, 0.3) is 11.2 Å². The molecule has 1 saturated heterocycles. The van der Waals surface area contributed by atoms with Gasteiger partial charge in [-0.2, -0.15) is 0 Å². The lowest BCUT2D eigenvalue weighted by atomic mass is 10.4. The van der Waals surface area contributed by atoms with E-state index in [9.17, 15) is 4.79 Å². The van der Waals surface area contributed by atoms with E-state index < -0.39 is 0 Å². The number of carbonyl (C=O) groups is 1. The molecule has 1 aliphatic rings. The fourth-order valence-electron chi connectivity index (χ4n) is 2.67. The molecule has 0 bridgehead atoms. The number of nitrogens with zero attached hydrogens (tertiary/aromatic N) is 4. The van der Waals surface area contributed by atoms with Gasteiger partial charge in [0, 0.05) is 23.8 Å². The van der Waals surface area contributed by atoms with Crippen molar-refractivity contribution in [2.24, 2.45) is 0 Å². The quantitative estimate of drug-likeness (QED) is 0.779. The zero-order valence-corrected chi connectivity index (χ0v) is 14.1. The number of imidazole rings is 1. The molecule has 21 heavy (non-hydrogen) atoms. The number of rotatable bonds is 3. The Bertz CT molecular complexity index is 679. The summed E-state index contributed by atoms with van der Waals surface area (Å²) >= 11 is 9.60. The van der Waals surface area contributed by atoms with Crippen LogP contribution in [-0.4, -0.2) is 38.4 Å². The van der Waals surface area contributed by atoms with Gasteiger partial charge in [-0.25, -0.2) is 9.97 Å². The third-order valence-corrected chi connectivity index (χ3v) is 4.32. The van der Waals surface area contributed by atoms with Crippen molar-refractivity contribution in [2.45, 2.75) is 31.7 Å². The van der Waals surface area contributed by atoms with E-state index in [4.69, 9.17) is 11.6 Å². The predicted octanol–water partition coefficient (Wildman–Crippen LogP) is 3.12. The summed E-state index contributed by atoms with van der Waals surface area (Å²) in [5.41, 5.74) is 1.45. The largest absolute Gasteiger partial charge is 0.341 e. The van der Waals surface area contributed by atoms with Crippen molar-refractivity contribution < 1.29 is 4.79 Å². The molecule has 0 N–H and O–H groups in total. The van der Waals surface area contributed by atoms with Crippen LogP contribution in [0.5, 0.6) is 0 Å². The molecule has 3 heterocycles. The molecule has 3 rings (SSSR count). The topological polar surface area (TPSA) is 51.0 Å². The molecule has 112 valence electrons. The lowest BCUT2D eigenvalue weighted by Gasteiger charge is -2.17. The Morgan fingerprint density at radius 3 is 2.86 bits per heavy atom. The van der Waals surface area contributed by atoms with E-state index in [0.29, 0.717) is 11.5 Å². The number of amides is 1. The standard InChI is InChI=1S/C14H16BrClN4O/c1-9(16)13-18-11-6-10(15)7-17-14(11)20(13)8-12(21)19-4-2-3-5-19/h6-7,9H,2-5,8H2,1H3. The summed E-state index contributed by atoms with van der Waals surface area (Å²) in [5, 5.41) is -0.274. The van der Waals surface area contributed by atoms with E-state index in [1.165, 1.54) is 0 Å². The van der Waals surface area contributed by atoms with Gasteiger partial charge >= 0.3 is 0 Å². The van der Waals surface area contributed by atoms with Crippen LogP contribution in [0.2, 0.25) is 0 Å². The molecule has 1 aliphatic heterocycles. The number of likely N-dealkylation sites (tertiary alicyclic amines) is 1. The highest BCUT2D eigenvalue weighted by atomic mass is 79.9. The monoisotopic (exact) mass is 370 g/mol. The number of halogens is 2. The summed E-state index contributed by atoms with van der Waals surface area (Å²) in [5.74, 6) is 0.792. The molecule has 0 spiro atoms. The number of hydrogen-bond acceptors (Lipinski definition) is 3. The van der Waals surface area contributed by atoms with E-state index in [-0.39, 0.29) is 17.8 Å². The minimum atomic E-state index is -0.274. The van der Waals surface area contributed by atoms with Crippen molar-refractivity contribution in [3.8, 4) is 0 Å². The summed E-state index contributed by atoms with van der Waals surface area (Å²) in [6.45, 7) is 3.79. The first kappa shape index (κ1) is 14.8. The van der Waals surface area contributed by atoms with Crippen molar-refractivity contribution in [3.63, 3.8) is 0 Å². The molecule has 1 unspecified atom stereocenters.